The predicted octanol–water partition coefficient (Wildman–Crippen LogP) is 4.95. The van der Waals surface area contributed by atoms with Crippen LogP contribution in [0.2, 0.25) is 0 Å². The third kappa shape index (κ3) is 5.58. The van der Waals surface area contributed by atoms with E-state index in [1.54, 1.807) is 47.6 Å². The van der Waals surface area contributed by atoms with E-state index in [1.807, 2.05) is 24.5 Å². The normalized spacial score (nSPS) is 12.3. The SMILES string of the molecule is CC(C)(O)Cn1cc(-c2ccc3c(-c4cc(NS(C)(=O)=O)cc(-c5ccc(F)cc5F)c4)cnn3c2)cn1. The molecule has 38 heavy (non-hydrogen) atoms. The summed E-state index contributed by atoms with van der Waals surface area (Å²) in [6.07, 6.45) is 8.05. The zero-order valence-electron chi connectivity index (χ0n) is 20.9. The number of halogens is 2. The van der Waals surface area contributed by atoms with Crippen molar-refractivity contribution in [3.63, 3.8) is 0 Å². The molecule has 0 bridgehead atoms. The van der Waals surface area contributed by atoms with Gasteiger partial charge in [-0.1, -0.05) is 6.07 Å². The Morgan fingerprint density at radius 2 is 1.63 bits per heavy atom. The van der Waals surface area contributed by atoms with E-state index in [0.717, 1.165) is 35.0 Å². The summed E-state index contributed by atoms with van der Waals surface area (Å²) in [4.78, 5) is 0. The first-order valence-electron chi connectivity index (χ1n) is 11.7. The van der Waals surface area contributed by atoms with E-state index in [2.05, 4.69) is 14.9 Å². The number of aliphatic hydroxyl groups is 1. The minimum absolute atomic E-state index is 0.131. The van der Waals surface area contributed by atoms with Crippen molar-refractivity contribution < 1.29 is 22.3 Å². The number of fused-ring (bicyclic) bond motifs is 1. The van der Waals surface area contributed by atoms with Gasteiger partial charge in [0.1, 0.15) is 11.6 Å². The topological polar surface area (TPSA) is 102 Å². The second kappa shape index (κ2) is 9.34. The first-order valence-corrected chi connectivity index (χ1v) is 13.6. The Balaban J connectivity index is 1.57. The molecule has 8 nitrogen and oxygen atoms in total. The maximum atomic E-state index is 14.6. The highest BCUT2D eigenvalue weighted by molar-refractivity contribution is 7.92. The van der Waals surface area contributed by atoms with Crippen LogP contribution in [0.15, 0.2) is 73.3 Å². The average molecular weight is 538 g/mol. The summed E-state index contributed by atoms with van der Waals surface area (Å²) >= 11 is 0. The van der Waals surface area contributed by atoms with Gasteiger partial charge < -0.3 is 5.11 Å². The summed E-state index contributed by atoms with van der Waals surface area (Å²) < 4.78 is 57.8. The first-order chi connectivity index (χ1) is 17.8. The van der Waals surface area contributed by atoms with Gasteiger partial charge in [0.2, 0.25) is 10.0 Å². The quantitative estimate of drug-likeness (QED) is 0.306. The number of benzene rings is 2. The zero-order chi connectivity index (χ0) is 27.2. The molecule has 2 aromatic carbocycles. The lowest BCUT2D eigenvalue weighted by Crippen LogP contribution is -2.26. The van der Waals surface area contributed by atoms with E-state index in [1.165, 1.54) is 12.1 Å². The molecule has 0 aliphatic carbocycles. The maximum absolute atomic E-state index is 14.6. The molecule has 11 heteroatoms. The van der Waals surface area contributed by atoms with Gasteiger partial charge in [0.05, 0.1) is 36.3 Å². The Morgan fingerprint density at radius 1 is 0.895 bits per heavy atom. The van der Waals surface area contributed by atoms with E-state index in [4.69, 9.17) is 0 Å². The minimum Gasteiger partial charge on any atom is -0.389 e. The van der Waals surface area contributed by atoms with E-state index < -0.39 is 27.3 Å². The molecule has 0 fully saturated rings. The molecule has 5 aromatic rings. The molecule has 196 valence electrons. The molecule has 3 aromatic heterocycles. The third-order valence-electron chi connectivity index (χ3n) is 5.82. The molecule has 0 aliphatic rings. The summed E-state index contributed by atoms with van der Waals surface area (Å²) in [5.74, 6) is -1.47. The lowest BCUT2D eigenvalue weighted by molar-refractivity contribution is 0.0577. The van der Waals surface area contributed by atoms with Crippen LogP contribution in [0.3, 0.4) is 0 Å². The second-order valence-corrected chi connectivity index (χ2v) is 11.6. The van der Waals surface area contributed by atoms with E-state index in [-0.39, 0.29) is 11.3 Å². The van der Waals surface area contributed by atoms with Gasteiger partial charge in [0, 0.05) is 46.4 Å². The number of hydrogen-bond acceptors (Lipinski definition) is 5. The summed E-state index contributed by atoms with van der Waals surface area (Å²) in [6, 6.07) is 11.9. The van der Waals surface area contributed by atoms with Crippen LogP contribution in [0.1, 0.15) is 13.8 Å². The van der Waals surface area contributed by atoms with Crippen molar-refractivity contribution in [1.82, 2.24) is 19.4 Å². The number of aromatic nitrogens is 4. The van der Waals surface area contributed by atoms with Crippen molar-refractivity contribution in [3.05, 3.63) is 85.0 Å². The van der Waals surface area contributed by atoms with Gasteiger partial charge in [-0.2, -0.15) is 10.2 Å². The lowest BCUT2D eigenvalue weighted by atomic mass is 9.98. The molecule has 0 aliphatic heterocycles. The van der Waals surface area contributed by atoms with Crippen molar-refractivity contribution in [2.24, 2.45) is 0 Å². The Kier molecular flexibility index (Phi) is 6.28. The predicted molar refractivity (Wildman–Crippen MR) is 142 cm³/mol. The van der Waals surface area contributed by atoms with Crippen LogP contribution in [-0.2, 0) is 16.6 Å². The van der Waals surface area contributed by atoms with Crippen molar-refractivity contribution in [2.45, 2.75) is 26.0 Å². The third-order valence-corrected chi connectivity index (χ3v) is 6.43. The highest BCUT2D eigenvalue weighted by atomic mass is 32.2. The fourth-order valence-corrected chi connectivity index (χ4v) is 4.85. The molecule has 0 unspecified atom stereocenters. The van der Waals surface area contributed by atoms with Gasteiger partial charge in [-0.15, -0.1) is 0 Å². The van der Waals surface area contributed by atoms with E-state index in [0.29, 0.717) is 23.2 Å². The van der Waals surface area contributed by atoms with Gasteiger partial charge in [-0.05, 0) is 61.4 Å². The molecule has 0 atom stereocenters. The van der Waals surface area contributed by atoms with E-state index >= 15 is 0 Å². The summed E-state index contributed by atoms with van der Waals surface area (Å²) in [6.45, 7) is 3.76. The monoisotopic (exact) mass is 537 g/mol. The van der Waals surface area contributed by atoms with Gasteiger partial charge in [0.15, 0.2) is 0 Å². The Morgan fingerprint density at radius 3 is 2.32 bits per heavy atom. The molecule has 2 N–H and O–H groups in total. The Hall–Kier alpha value is -4.09. The Bertz CT molecular complexity index is 1770. The lowest BCUT2D eigenvalue weighted by Gasteiger charge is -2.16. The molecule has 0 saturated heterocycles. The van der Waals surface area contributed by atoms with Crippen LogP contribution >= 0.6 is 0 Å². The van der Waals surface area contributed by atoms with Crippen LogP contribution in [0, 0.1) is 11.6 Å². The summed E-state index contributed by atoms with van der Waals surface area (Å²) in [7, 11) is -3.62. The summed E-state index contributed by atoms with van der Waals surface area (Å²) in [5.41, 5.74) is 3.57. The molecular weight excluding hydrogens is 512 g/mol. The van der Waals surface area contributed by atoms with Crippen LogP contribution in [0.5, 0.6) is 0 Å². The van der Waals surface area contributed by atoms with Gasteiger partial charge >= 0.3 is 0 Å². The van der Waals surface area contributed by atoms with Gasteiger partial charge in [-0.25, -0.2) is 21.7 Å². The van der Waals surface area contributed by atoms with Crippen LogP contribution in [-0.4, -0.2) is 44.8 Å². The van der Waals surface area contributed by atoms with Crippen molar-refractivity contribution in [3.8, 4) is 33.4 Å². The molecule has 5 rings (SSSR count). The number of rotatable bonds is 7. The first kappa shape index (κ1) is 25.6. The van der Waals surface area contributed by atoms with Crippen molar-refractivity contribution in [1.29, 1.82) is 0 Å². The van der Waals surface area contributed by atoms with Crippen LogP contribution in [0.25, 0.3) is 38.9 Å². The average Bonchev–Trinajstić information content (AvgIpc) is 3.43. The van der Waals surface area contributed by atoms with E-state index in [9.17, 15) is 22.3 Å². The van der Waals surface area contributed by atoms with Crippen molar-refractivity contribution in [2.75, 3.05) is 11.0 Å². The number of sulfonamides is 1. The highest BCUT2D eigenvalue weighted by Gasteiger charge is 2.17. The molecule has 0 radical (unpaired) electrons. The number of pyridine rings is 1. The highest BCUT2D eigenvalue weighted by Crippen LogP contribution is 2.34. The fraction of sp³-hybridized carbons (Fsp3) is 0.185. The minimum atomic E-state index is -3.62. The summed E-state index contributed by atoms with van der Waals surface area (Å²) in [5, 5.41) is 18.8. The molecule has 0 spiro atoms. The Labute approximate surface area is 218 Å². The van der Waals surface area contributed by atoms with Crippen LogP contribution in [0.4, 0.5) is 14.5 Å². The number of hydrogen-bond donors (Lipinski definition) is 2. The number of nitrogens with zero attached hydrogens (tertiary/aromatic N) is 4. The second-order valence-electron chi connectivity index (χ2n) is 9.84. The molecular formula is C27H25F2N5O3S. The number of nitrogens with one attached hydrogen (secondary N) is 1. The fourth-order valence-electron chi connectivity index (χ4n) is 4.31. The molecule has 3 heterocycles. The molecule has 0 amide bonds. The van der Waals surface area contributed by atoms with Crippen LogP contribution < -0.4 is 4.72 Å². The van der Waals surface area contributed by atoms with Crippen molar-refractivity contribution >= 4 is 21.2 Å². The standard InChI is InChI=1S/C27H25F2N5O3S/c1-27(2,35)16-33-14-20(12-30-33)17-4-7-26-24(13-31-34(26)15-17)19-8-18(9-22(10-19)32-38(3,36)37)23-6-5-21(28)11-25(23)29/h4-15,32,35H,16H2,1-3H3. The number of anilines is 1. The van der Waals surface area contributed by atoms with Gasteiger partial charge in [-0.3, -0.25) is 9.40 Å². The largest absolute Gasteiger partial charge is 0.389 e. The van der Waals surface area contributed by atoms with Gasteiger partial charge in [0.25, 0.3) is 0 Å². The molecule has 0 saturated carbocycles. The zero-order valence-corrected chi connectivity index (χ0v) is 21.7. The smallest absolute Gasteiger partial charge is 0.229 e. The maximum Gasteiger partial charge on any atom is 0.229 e.